The third kappa shape index (κ3) is 5.07. The third-order valence-corrected chi connectivity index (χ3v) is 11.7. The monoisotopic (exact) mass is 696 g/mol. The Labute approximate surface area is 320 Å². The largest absolute Gasteiger partial charge is 0.0622 e. The van der Waals surface area contributed by atoms with Gasteiger partial charge in [0.05, 0.1) is 0 Å². The molecule has 0 atom stereocenters. The van der Waals surface area contributed by atoms with Crippen LogP contribution < -0.4 is 0 Å². The molecule has 0 saturated heterocycles. The van der Waals surface area contributed by atoms with Gasteiger partial charge >= 0.3 is 0 Å². The van der Waals surface area contributed by atoms with Crippen LogP contribution in [0, 0.1) is 6.92 Å². The lowest BCUT2D eigenvalue weighted by molar-refractivity contribution is 1.51. The van der Waals surface area contributed by atoms with Crippen molar-refractivity contribution in [2.75, 3.05) is 0 Å². The predicted octanol–water partition coefficient (Wildman–Crippen LogP) is 15.6. The summed E-state index contributed by atoms with van der Waals surface area (Å²) in [6.45, 7) is 2.21. The normalized spacial score (nSPS) is 11.7. The van der Waals surface area contributed by atoms with Crippen LogP contribution in [0.3, 0.4) is 0 Å². The predicted molar refractivity (Wildman–Crippen MR) is 238 cm³/mol. The molecule has 0 N–H and O–H groups in total. The molecule has 0 nitrogen and oxygen atoms in total. The molecule has 0 aliphatic carbocycles. The topological polar surface area (TPSA) is 0 Å². The van der Waals surface area contributed by atoms with Crippen molar-refractivity contribution in [1.29, 1.82) is 0 Å². The van der Waals surface area contributed by atoms with Crippen LogP contribution in [-0.2, 0) is 0 Å². The number of hydrogen-bond acceptors (Lipinski definition) is 0. The Bertz CT molecular complexity index is 3300. The van der Waals surface area contributed by atoms with E-state index in [1.165, 1.54) is 115 Å². The summed E-state index contributed by atoms with van der Waals surface area (Å²) in [5.74, 6) is 0. The van der Waals surface area contributed by atoms with E-state index >= 15 is 0 Å². The van der Waals surface area contributed by atoms with E-state index in [1.54, 1.807) is 0 Å². The van der Waals surface area contributed by atoms with Gasteiger partial charge in [-0.3, -0.25) is 0 Å². The van der Waals surface area contributed by atoms with Gasteiger partial charge in [-0.2, -0.15) is 0 Å². The Hall–Kier alpha value is -7.02. The van der Waals surface area contributed by atoms with Crippen molar-refractivity contribution in [3.05, 3.63) is 206 Å². The Kier molecular flexibility index (Phi) is 7.19. The molecule has 0 bridgehead atoms. The van der Waals surface area contributed by atoms with Gasteiger partial charge in [0, 0.05) is 0 Å². The van der Waals surface area contributed by atoms with Crippen LogP contribution in [-0.4, -0.2) is 0 Å². The molecule has 0 unspecified atom stereocenters. The summed E-state index contributed by atoms with van der Waals surface area (Å²) in [7, 11) is 0. The van der Waals surface area contributed by atoms with Crippen molar-refractivity contribution >= 4 is 64.6 Å². The highest BCUT2D eigenvalue weighted by molar-refractivity contribution is 6.26. The van der Waals surface area contributed by atoms with E-state index in [0.717, 1.165) is 0 Å². The molecular formula is C55H36. The highest BCUT2D eigenvalue weighted by Crippen LogP contribution is 2.48. The summed E-state index contributed by atoms with van der Waals surface area (Å²) in [5.41, 5.74) is 11.2. The maximum Gasteiger partial charge on any atom is -0.00197 e. The van der Waals surface area contributed by atoms with E-state index in [1.807, 2.05) is 0 Å². The quantitative estimate of drug-likeness (QED) is 0.127. The molecule has 0 heterocycles. The number of rotatable bonds is 4. The van der Waals surface area contributed by atoms with Crippen molar-refractivity contribution in [2.45, 2.75) is 6.92 Å². The zero-order valence-corrected chi connectivity index (χ0v) is 30.6. The minimum atomic E-state index is 1.22. The molecule has 11 rings (SSSR count). The molecule has 0 amide bonds. The number of fused-ring (bicyclic) bond motifs is 8. The molecule has 0 spiro atoms. The van der Waals surface area contributed by atoms with Crippen LogP contribution >= 0.6 is 0 Å². The Morgan fingerprint density at radius 2 is 0.709 bits per heavy atom. The van der Waals surface area contributed by atoms with Crippen molar-refractivity contribution < 1.29 is 0 Å². The molecular weight excluding hydrogens is 661 g/mol. The lowest BCUT2D eigenvalue weighted by Crippen LogP contribution is -1.94. The van der Waals surface area contributed by atoms with E-state index in [4.69, 9.17) is 0 Å². The Morgan fingerprint density at radius 3 is 1.38 bits per heavy atom. The van der Waals surface area contributed by atoms with Gasteiger partial charge in [0.15, 0.2) is 0 Å². The van der Waals surface area contributed by atoms with E-state index in [0.29, 0.717) is 0 Å². The Morgan fingerprint density at radius 1 is 0.236 bits per heavy atom. The number of benzene rings is 11. The van der Waals surface area contributed by atoms with Crippen LogP contribution in [0.1, 0.15) is 5.56 Å². The van der Waals surface area contributed by atoms with Crippen molar-refractivity contribution in [1.82, 2.24) is 0 Å². The molecule has 0 aliphatic heterocycles. The summed E-state index contributed by atoms with van der Waals surface area (Å²) in [6, 6.07) is 74.3. The van der Waals surface area contributed by atoms with Gasteiger partial charge < -0.3 is 0 Å². The smallest absolute Gasteiger partial charge is 0.00197 e. The number of hydrogen-bond donors (Lipinski definition) is 0. The van der Waals surface area contributed by atoms with Crippen LogP contribution in [0.15, 0.2) is 200 Å². The van der Waals surface area contributed by atoms with Crippen LogP contribution in [0.5, 0.6) is 0 Å². The van der Waals surface area contributed by atoms with Crippen LogP contribution in [0.2, 0.25) is 0 Å². The fraction of sp³-hybridized carbons (Fsp3) is 0.0182. The first-order chi connectivity index (χ1) is 27.2. The standard InChI is InChI=1S/C55H36/c1-35-23-29-49-51(31-35)54(38-26-24-37(25-27-38)50-33-40-15-5-7-17-42(40)44-19-9-11-21-46(44)50)48-30-28-39(36-13-3-2-4-14-36)32-53(48)55(49)52-34-41-16-6-8-18-43(41)45-20-10-12-22-47(45)52/h2-34H,1H3. The van der Waals surface area contributed by atoms with E-state index in [2.05, 4.69) is 207 Å². The SMILES string of the molecule is Cc1ccc2c(-c3cc4ccccc4c4ccccc34)c3cc(-c4ccccc4)ccc3c(-c3ccc(-c4cc5ccccc5c5ccccc45)cc3)c2c1. The van der Waals surface area contributed by atoms with Gasteiger partial charge in [0.25, 0.3) is 0 Å². The summed E-state index contributed by atoms with van der Waals surface area (Å²) in [4.78, 5) is 0. The second-order valence-electron chi connectivity index (χ2n) is 14.9. The molecule has 0 fully saturated rings. The first kappa shape index (κ1) is 31.5. The summed E-state index contributed by atoms with van der Waals surface area (Å²) in [6.07, 6.45) is 0. The minimum absolute atomic E-state index is 1.22. The summed E-state index contributed by atoms with van der Waals surface area (Å²) < 4.78 is 0. The molecule has 0 radical (unpaired) electrons. The Balaban J connectivity index is 1.21. The molecule has 55 heavy (non-hydrogen) atoms. The first-order valence-corrected chi connectivity index (χ1v) is 19.2. The zero-order valence-electron chi connectivity index (χ0n) is 30.6. The highest BCUT2D eigenvalue weighted by atomic mass is 14.2. The van der Waals surface area contributed by atoms with Gasteiger partial charge in [-0.05, 0) is 134 Å². The molecule has 11 aromatic rings. The van der Waals surface area contributed by atoms with Gasteiger partial charge in [-0.25, -0.2) is 0 Å². The van der Waals surface area contributed by atoms with E-state index in [9.17, 15) is 0 Å². The molecule has 11 aromatic carbocycles. The van der Waals surface area contributed by atoms with Crippen LogP contribution in [0.25, 0.3) is 109 Å². The molecule has 256 valence electrons. The van der Waals surface area contributed by atoms with Gasteiger partial charge in [-0.15, -0.1) is 0 Å². The maximum absolute atomic E-state index is 2.43. The summed E-state index contributed by atoms with van der Waals surface area (Å²) >= 11 is 0. The van der Waals surface area contributed by atoms with Crippen molar-refractivity contribution in [3.63, 3.8) is 0 Å². The average molecular weight is 697 g/mol. The summed E-state index contributed by atoms with van der Waals surface area (Å²) in [5, 5.41) is 15.3. The van der Waals surface area contributed by atoms with Gasteiger partial charge in [0.1, 0.15) is 0 Å². The van der Waals surface area contributed by atoms with Crippen molar-refractivity contribution in [2.24, 2.45) is 0 Å². The average Bonchev–Trinajstić information content (AvgIpc) is 3.25. The third-order valence-electron chi connectivity index (χ3n) is 11.7. The number of aryl methyl sites for hydroxylation is 1. The fourth-order valence-corrected chi connectivity index (χ4v) is 9.12. The lowest BCUT2D eigenvalue weighted by atomic mass is 9.82. The molecule has 0 heteroatoms. The second-order valence-corrected chi connectivity index (χ2v) is 14.9. The first-order valence-electron chi connectivity index (χ1n) is 19.2. The molecule has 0 aromatic heterocycles. The lowest BCUT2D eigenvalue weighted by Gasteiger charge is -2.21. The van der Waals surface area contributed by atoms with Gasteiger partial charge in [-0.1, -0.05) is 188 Å². The minimum Gasteiger partial charge on any atom is -0.0622 e. The zero-order chi connectivity index (χ0) is 36.5. The highest BCUT2D eigenvalue weighted by Gasteiger charge is 2.20. The molecule has 0 aliphatic rings. The van der Waals surface area contributed by atoms with E-state index in [-0.39, 0.29) is 0 Å². The van der Waals surface area contributed by atoms with E-state index < -0.39 is 0 Å². The molecule has 0 saturated carbocycles. The van der Waals surface area contributed by atoms with Crippen LogP contribution in [0.4, 0.5) is 0 Å². The maximum atomic E-state index is 2.43. The fourth-order valence-electron chi connectivity index (χ4n) is 9.12. The second kappa shape index (κ2) is 12.5. The van der Waals surface area contributed by atoms with Gasteiger partial charge in [0.2, 0.25) is 0 Å². The van der Waals surface area contributed by atoms with Crippen molar-refractivity contribution in [3.8, 4) is 44.5 Å².